The molecule has 0 aromatic rings. The van der Waals surface area contributed by atoms with Crippen LogP contribution in [0.4, 0.5) is 0 Å². The number of likely N-dealkylation sites (N-methyl/N-ethyl adjacent to an activating group) is 1. The van der Waals surface area contributed by atoms with E-state index in [2.05, 4.69) is 30.6 Å². The van der Waals surface area contributed by atoms with Gasteiger partial charge in [0.15, 0.2) is 0 Å². The van der Waals surface area contributed by atoms with Gasteiger partial charge in [0, 0.05) is 19.8 Å². The van der Waals surface area contributed by atoms with E-state index in [0.29, 0.717) is 6.42 Å². The molecule has 0 heterocycles. The molecule has 0 aliphatic heterocycles. The van der Waals surface area contributed by atoms with Crippen LogP contribution in [0.3, 0.4) is 0 Å². The van der Waals surface area contributed by atoms with Crippen LogP contribution in [0.15, 0.2) is 0 Å². The monoisotopic (exact) mass is 264 g/mol. The first-order valence-corrected chi connectivity index (χ1v) is 6.39. The molecule has 2 unspecified atom stereocenters. The molecule has 6 heteroatoms. The second-order valence-electron chi connectivity index (χ2n) is 3.78. The summed E-state index contributed by atoms with van der Waals surface area (Å²) in [4.78, 5) is 24.7. The zero-order valence-corrected chi connectivity index (χ0v) is 11.7. The molecule has 0 aromatic heterocycles. The number of carbonyl (C=O) groups excluding carboxylic acids is 2. The molecule has 0 fully saturated rings. The van der Waals surface area contributed by atoms with Gasteiger partial charge in [0.25, 0.3) is 0 Å². The second kappa shape index (κ2) is 7.84. The summed E-state index contributed by atoms with van der Waals surface area (Å²) in [6.07, 6.45) is 1.58. The molecule has 1 N–H and O–H groups in total. The van der Waals surface area contributed by atoms with Crippen LogP contribution in [0.25, 0.3) is 0 Å². The maximum absolute atomic E-state index is 11.6. The van der Waals surface area contributed by atoms with Crippen molar-refractivity contribution < 1.29 is 9.59 Å². The van der Waals surface area contributed by atoms with Crippen LogP contribution in [-0.2, 0) is 9.59 Å². The molecule has 0 saturated heterocycles. The van der Waals surface area contributed by atoms with Crippen molar-refractivity contribution in [1.82, 2.24) is 10.2 Å². The quantitative estimate of drug-likeness (QED) is 0.615. The van der Waals surface area contributed by atoms with Gasteiger partial charge in [-0.25, -0.2) is 0 Å². The van der Waals surface area contributed by atoms with Crippen LogP contribution in [0.5, 0.6) is 0 Å². The third kappa shape index (κ3) is 5.12. The number of nitrogens with zero attached hydrogens (tertiary/aromatic N) is 1. The largest absolute Gasteiger partial charge is 0.347 e. The summed E-state index contributed by atoms with van der Waals surface area (Å²) in [7, 11) is 3.30. The predicted molar refractivity (Wildman–Crippen MR) is 72.2 cm³/mol. The zero-order chi connectivity index (χ0) is 12.7. The van der Waals surface area contributed by atoms with Crippen molar-refractivity contribution in [2.75, 3.05) is 19.8 Å². The van der Waals surface area contributed by atoms with Gasteiger partial charge < -0.3 is 10.2 Å². The van der Waals surface area contributed by atoms with Gasteiger partial charge in [-0.1, -0.05) is 13.3 Å². The van der Waals surface area contributed by atoms with Crippen LogP contribution >= 0.6 is 25.3 Å². The fourth-order valence-electron chi connectivity index (χ4n) is 1.17. The molecule has 0 aromatic carbocycles. The number of amides is 2. The Morgan fingerprint density at radius 3 is 2.31 bits per heavy atom. The lowest BCUT2D eigenvalue weighted by Crippen LogP contribution is -2.49. The van der Waals surface area contributed by atoms with Crippen LogP contribution in [0.1, 0.15) is 19.8 Å². The van der Waals surface area contributed by atoms with Crippen molar-refractivity contribution in [3.8, 4) is 0 Å². The first-order valence-electron chi connectivity index (χ1n) is 5.24. The minimum Gasteiger partial charge on any atom is -0.347 e. The maximum atomic E-state index is 11.6. The van der Waals surface area contributed by atoms with Crippen LogP contribution < -0.4 is 5.32 Å². The van der Waals surface area contributed by atoms with Gasteiger partial charge in [-0.05, 0) is 6.42 Å². The predicted octanol–water partition coefficient (Wildman–Crippen LogP) is 0.588. The highest BCUT2D eigenvalue weighted by Gasteiger charge is 2.23. The molecule has 16 heavy (non-hydrogen) atoms. The van der Waals surface area contributed by atoms with Gasteiger partial charge in [-0.2, -0.15) is 25.3 Å². The first kappa shape index (κ1) is 15.6. The molecule has 0 aliphatic rings. The highest BCUT2D eigenvalue weighted by Crippen LogP contribution is 2.05. The minimum absolute atomic E-state index is 0.152. The Hall–Kier alpha value is -0.360. The van der Waals surface area contributed by atoms with Gasteiger partial charge in [0.2, 0.25) is 11.8 Å². The second-order valence-corrected chi connectivity index (χ2v) is 4.77. The van der Waals surface area contributed by atoms with Gasteiger partial charge in [-0.3, -0.25) is 9.59 Å². The minimum atomic E-state index is -0.572. The lowest BCUT2D eigenvalue weighted by atomic mass is 10.2. The number of carbonyl (C=O) groups is 2. The zero-order valence-electron chi connectivity index (χ0n) is 9.93. The lowest BCUT2D eigenvalue weighted by Gasteiger charge is -2.21. The highest BCUT2D eigenvalue weighted by atomic mass is 32.1. The van der Waals surface area contributed by atoms with Crippen molar-refractivity contribution >= 4 is 37.1 Å². The third-order valence-corrected chi connectivity index (χ3v) is 2.96. The van der Waals surface area contributed by atoms with Crippen molar-refractivity contribution in [2.45, 2.75) is 31.1 Å². The number of thiol groups is 2. The van der Waals surface area contributed by atoms with E-state index in [9.17, 15) is 9.59 Å². The molecule has 0 radical (unpaired) electrons. The summed E-state index contributed by atoms with van der Waals surface area (Å²) < 4.78 is 0. The van der Waals surface area contributed by atoms with Crippen molar-refractivity contribution in [2.24, 2.45) is 0 Å². The van der Waals surface area contributed by atoms with Crippen LogP contribution in [-0.4, -0.2) is 47.9 Å². The standard InChI is InChI=1S/C10H20N2O2S2/c1-4-5-8(16)9(13)11-7(6-15)10(14)12(2)3/h7-8,15-16H,4-6H2,1-3H3,(H,11,13). The van der Waals surface area contributed by atoms with Crippen molar-refractivity contribution in [1.29, 1.82) is 0 Å². The molecule has 0 saturated carbocycles. The highest BCUT2D eigenvalue weighted by molar-refractivity contribution is 7.81. The molecule has 2 atom stereocenters. The average molecular weight is 264 g/mol. The summed E-state index contributed by atoms with van der Waals surface area (Å²) in [6, 6.07) is -0.572. The molecule has 0 bridgehead atoms. The Balaban J connectivity index is 4.32. The summed E-state index contributed by atoms with van der Waals surface area (Å²) in [5.41, 5.74) is 0. The van der Waals surface area contributed by atoms with Crippen LogP contribution in [0.2, 0.25) is 0 Å². The molecule has 2 amide bonds. The Morgan fingerprint density at radius 2 is 1.94 bits per heavy atom. The van der Waals surface area contributed by atoms with E-state index in [4.69, 9.17) is 0 Å². The first-order chi connectivity index (χ1) is 7.43. The molecular formula is C10H20N2O2S2. The van der Waals surface area contributed by atoms with Gasteiger partial charge in [0.05, 0.1) is 5.25 Å². The van der Waals surface area contributed by atoms with E-state index in [-0.39, 0.29) is 22.8 Å². The summed E-state index contributed by atoms with van der Waals surface area (Å²) in [5.74, 6) is -0.0742. The van der Waals surface area contributed by atoms with Gasteiger partial charge in [-0.15, -0.1) is 0 Å². The number of rotatable bonds is 6. The average Bonchev–Trinajstić information content (AvgIpc) is 2.24. The normalized spacial score (nSPS) is 14.1. The summed E-state index contributed by atoms with van der Waals surface area (Å²) in [5, 5.41) is 2.29. The summed E-state index contributed by atoms with van der Waals surface area (Å²) in [6.45, 7) is 1.98. The van der Waals surface area contributed by atoms with E-state index < -0.39 is 6.04 Å². The van der Waals surface area contributed by atoms with Crippen molar-refractivity contribution in [3.05, 3.63) is 0 Å². The Bertz CT molecular complexity index is 247. The van der Waals surface area contributed by atoms with Crippen LogP contribution in [0, 0.1) is 0 Å². The number of nitrogens with one attached hydrogen (secondary N) is 1. The van der Waals surface area contributed by atoms with E-state index in [0.717, 1.165) is 6.42 Å². The topological polar surface area (TPSA) is 49.4 Å². The summed E-state index contributed by atoms with van der Waals surface area (Å²) >= 11 is 8.23. The Kier molecular flexibility index (Phi) is 7.66. The Labute approximate surface area is 108 Å². The van der Waals surface area contributed by atoms with E-state index in [1.165, 1.54) is 4.90 Å². The fourth-order valence-corrected chi connectivity index (χ4v) is 1.75. The molecular weight excluding hydrogens is 244 g/mol. The van der Waals surface area contributed by atoms with E-state index >= 15 is 0 Å². The third-order valence-electron chi connectivity index (χ3n) is 2.10. The molecule has 0 rings (SSSR count). The number of hydrogen-bond donors (Lipinski definition) is 3. The number of hydrogen-bond acceptors (Lipinski definition) is 4. The van der Waals surface area contributed by atoms with Gasteiger partial charge >= 0.3 is 0 Å². The van der Waals surface area contributed by atoms with E-state index in [1.807, 2.05) is 6.92 Å². The van der Waals surface area contributed by atoms with Crippen molar-refractivity contribution in [3.63, 3.8) is 0 Å². The molecule has 0 aliphatic carbocycles. The van der Waals surface area contributed by atoms with E-state index in [1.54, 1.807) is 14.1 Å². The fraction of sp³-hybridized carbons (Fsp3) is 0.800. The lowest BCUT2D eigenvalue weighted by molar-refractivity contribution is -0.133. The SMILES string of the molecule is CCCC(S)C(=O)NC(CS)C(=O)N(C)C. The molecule has 0 spiro atoms. The van der Waals surface area contributed by atoms with Gasteiger partial charge in [0.1, 0.15) is 6.04 Å². The smallest absolute Gasteiger partial charge is 0.245 e. The maximum Gasteiger partial charge on any atom is 0.245 e. The Morgan fingerprint density at radius 1 is 1.38 bits per heavy atom. The molecule has 4 nitrogen and oxygen atoms in total. The molecule has 94 valence electrons.